The third-order valence-electron chi connectivity index (χ3n) is 6.97. The van der Waals surface area contributed by atoms with Crippen molar-refractivity contribution < 1.29 is 28.8 Å². The first-order valence-electron chi connectivity index (χ1n) is 14.3. The second-order valence-electron chi connectivity index (χ2n) is 10.3. The first-order valence-corrected chi connectivity index (χ1v) is 15.1. The highest BCUT2D eigenvalue weighted by Gasteiger charge is 2.43. The van der Waals surface area contributed by atoms with Gasteiger partial charge in [-0.25, -0.2) is 9.79 Å². The first-order chi connectivity index (χ1) is 19.6. The van der Waals surface area contributed by atoms with Gasteiger partial charge in [0.15, 0.2) is 6.29 Å². The molecule has 0 saturated carbocycles. The van der Waals surface area contributed by atoms with E-state index in [-0.39, 0.29) is 31.2 Å². The Bertz CT molecular complexity index is 904. The average molecular weight is 620 g/mol. The molecule has 3 unspecified atom stereocenters. The van der Waals surface area contributed by atoms with Gasteiger partial charge in [0.05, 0.1) is 30.9 Å². The number of primary amides is 2. The molecule has 1 aliphatic rings. The molecule has 1 rings (SSSR count). The highest BCUT2D eigenvalue weighted by atomic mass is 35.5. The van der Waals surface area contributed by atoms with Crippen molar-refractivity contribution in [3.63, 3.8) is 0 Å². The maximum atomic E-state index is 13.2. The smallest absolute Gasteiger partial charge is 0.264 e. The third kappa shape index (κ3) is 15.0. The molecule has 41 heavy (non-hydrogen) atoms. The number of carbonyl (C=O) groups is 5. The minimum absolute atomic E-state index is 0.0299. The number of halogens is 2. The minimum Gasteiger partial charge on any atom is -0.370 e. The molecule has 3 atom stereocenters. The van der Waals surface area contributed by atoms with E-state index in [0.29, 0.717) is 64.7 Å². The second kappa shape index (κ2) is 21.5. The number of alkyl halides is 2. The van der Waals surface area contributed by atoms with Crippen LogP contribution in [-0.2, 0) is 28.8 Å². The highest BCUT2D eigenvalue weighted by molar-refractivity contribution is 6.58. The zero-order valence-corrected chi connectivity index (χ0v) is 25.2. The number of hydrogen-bond acceptors (Lipinski definition) is 10. The van der Waals surface area contributed by atoms with Gasteiger partial charge in [0, 0.05) is 19.4 Å². The van der Waals surface area contributed by atoms with Crippen LogP contribution in [0.25, 0.3) is 0 Å². The van der Waals surface area contributed by atoms with Gasteiger partial charge in [-0.15, -0.1) is 23.2 Å². The maximum Gasteiger partial charge on any atom is 0.264 e. The number of rotatable bonds is 24. The summed E-state index contributed by atoms with van der Waals surface area (Å²) in [5.41, 5.74) is 9.39. The first kappa shape index (κ1) is 36.8. The molecule has 0 aromatic carbocycles. The van der Waals surface area contributed by atoms with Crippen LogP contribution in [0.5, 0.6) is 0 Å². The predicted molar refractivity (Wildman–Crippen MR) is 155 cm³/mol. The van der Waals surface area contributed by atoms with E-state index in [1.54, 1.807) is 4.90 Å². The predicted octanol–water partition coefficient (Wildman–Crippen LogP) is 2.38. The molecule has 0 aromatic rings. The van der Waals surface area contributed by atoms with Crippen molar-refractivity contribution in [1.82, 2.24) is 14.7 Å². The molecule has 14 heteroatoms. The SMILES string of the molecule is NC(=O)CCCCCC(Cl)N1CN(CCCCCCN=C=O)C(C(=O)C(=O)C=O)N(C(Cl)CCCCCC(N)=O)C1. The van der Waals surface area contributed by atoms with E-state index >= 15 is 0 Å². The van der Waals surface area contributed by atoms with Gasteiger partial charge in [0.1, 0.15) is 6.17 Å². The van der Waals surface area contributed by atoms with Gasteiger partial charge in [0.2, 0.25) is 23.7 Å². The molecule has 4 N–H and O–H groups in total. The van der Waals surface area contributed by atoms with Crippen molar-refractivity contribution in [2.24, 2.45) is 16.5 Å². The van der Waals surface area contributed by atoms with Crippen LogP contribution in [-0.4, -0.2) is 94.0 Å². The lowest BCUT2D eigenvalue weighted by atomic mass is 10.1. The summed E-state index contributed by atoms with van der Waals surface area (Å²) in [6.07, 6.45) is 9.58. The number of ketones is 2. The summed E-state index contributed by atoms with van der Waals surface area (Å²) < 4.78 is 0. The molecule has 1 aliphatic heterocycles. The van der Waals surface area contributed by atoms with Gasteiger partial charge in [-0.05, 0) is 38.5 Å². The van der Waals surface area contributed by atoms with Gasteiger partial charge in [-0.2, -0.15) is 0 Å². The quantitative estimate of drug-likeness (QED) is 0.0240. The summed E-state index contributed by atoms with van der Waals surface area (Å²) in [5.74, 6) is -2.66. The van der Waals surface area contributed by atoms with E-state index in [1.807, 2.05) is 9.80 Å². The number of nitrogens with two attached hydrogens (primary N) is 2. The Morgan fingerprint density at radius 2 is 1.39 bits per heavy atom. The molecule has 0 bridgehead atoms. The summed E-state index contributed by atoms with van der Waals surface area (Å²) in [7, 11) is 0. The zero-order chi connectivity index (χ0) is 30.6. The van der Waals surface area contributed by atoms with Crippen molar-refractivity contribution in [2.45, 2.75) is 107 Å². The number of Topliss-reactive ketones (excluding diaryl/α,β-unsaturated/α-hetero) is 2. The third-order valence-corrected chi connectivity index (χ3v) is 7.93. The second-order valence-corrected chi connectivity index (χ2v) is 11.3. The molecule has 2 amide bonds. The number of hydrogen-bond donors (Lipinski definition) is 2. The van der Waals surface area contributed by atoms with Crippen LogP contribution in [0, 0.1) is 0 Å². The van der Waals surface area contributed by atoms with E-state index in [4.69, 9.17) is 34.7 Å². The largest absolute Gasteiger partial charge is 0.370 e. The monoisotopic (exact) mass is 618 g/mol. The van der Waals surface area contributed by atoms with Crippen molar-refractivity contribution in [2.75, 3.05) is 26.4 Å². The molecule has 0 radical (unpaired) electrons. The molecule has 1 heterocycles. The van der Waals surface area contributed by atoms with Crippen molar-refractivity contribution in [3.8, 4) is 0 Å². The van der Waals surface area contributed by atoms with Crippen molar-refractivity contribution >= 4 is 58.9 Å². The Morgan fingerprint density at radius 3 is 1.95 bits per heavy atom. The number of nitrogens with zero attached hydrogens (tertiary/aromatic N) is 4. The molecular weight excluding hydrogens is 575 g/mol. The van der Waals surface area contributed by atoms with Gasteiger partial charge in [0.25, 0.3) is 5.78 Å². The molecule has 0 aromatic heterocycles. The molecule has 232 valence electrons. The molecule has 12 nitrogen and oxygen atoms in total. The van der Waals surface area contributed by atoms with Gasteiger partial charge in [-0.1, -0.05) is 38.5 Å². The van der Waals surface area contributed by atoms with Crippen molar-refractivity contribution in [1.29, 1.82) is 0 Å². The molecular formula is C27H44Cl2N6O6. The van der Waals surface area contributed by atoms with Crippen LogP contribution in [0.1, 0.15) is 89.9 Å². The summed E-state index contributed by atoms with van der Waals surface area (Å²) >= 11 is 13.6. The van der Waals surface area contributed by atoms with Crippen LogP contribution in [0.4, 0.5) is 0 Å². The Balaban J connectivity index is 3.02. The van der Waals surface area contributed by atoms with Crippen LogP contribution < -0.4 is 11.5 Å². The minimum atomic E-state index is -1.12. The summed E-state index contributed by atoms with van der Waals surface area (Å²) in [4.78, 5) is 78.1. The topological polar surface area (TPSA) is 177 Å². The maximum absolute atomic E-state index is 13.2. The lowest BCUT2D eigenvalue weighted by Gasteiger charge is -2.50. The fourth-order valence-corrected chi connectivity index (χ4v) is 5.40. The van der Waals surface area contributed by atoms with Gasteiger partial charge in [-0.3, -0.25) is 38.7 Å². The average Bonchev–Trinajstić information content (AvgIpc) is 2.94. The number of carbonyl (C=O) groups excluding carboxylic acids is 6. The number of isocyanates is 1. The normalized spacial score (nSPS) is 17.9. The van der Waals surface area contributed by atoms with Crippen molar-refractivity contribution in [3.05, 3.63) is 0 Å². The van der Waals surface area contributed by atoms with E-state index in [9.17, 15) is 28.8 Å². The summed E-state index contributed by atoms with van der Waals surface area (Å²) in [6, 6.07) is 0. The van der Waals surface area contributed by atoms with Crippen LogP contribution in [0.3, 0.4) is 0 Å². The lowest BCUT2D eigenvalue weighted by molar-refractivity contribution is -0.156. The summed E-state index contributed by atoms with van der Waals surface area (Å²) in [5, 5.41) is 0. The van der Waals surface area contributed by atoms with Gasteiger partial charge < -0.3 is 11.5 Å². The lowest BCUT2D eigenvalue weighted by Crippen LogP contribution is -2.67. The Kier molecular flexibility index (Phi) is 19.3. The standard InChI is InChI=1S/C27H44Cl2N6O6/c28-22(11-5-3-7-13-24(30)39)34-19-33(16-10-2-1-9-15-32-18-37)27(26(41)21(38)17-36)35(20-34)23(29)12-6-4-8-14-25(31)40/h17,22-23,27H,1-16,19-20H2,(H2,30,39)(H2,31,40). The fourth-order valence-electron chi connectivity index (χ4n) is 4.80. The molecule has 0 spiro atoms. The highest BCUT2D eigenvalue weighted by Crippen LogP contribution is 2.28. The number of amides is 2. The Morgan fingerprint density at radius 1 is 0.829 bits per heavy atom. The van der Waals surface area contributed by atoms with Crippen LogP contribution in [0.2, 0.25) is 0 Å². The van der Waals surface area contributed by atoms with Crippen LogP contribution >= 0.6 is 23.2 Å². The Hall–Kier alpha value is -2.21. The fraction of sp³-hybridized carbons (Fsp3) is 0.778. The number of unbranched alkanes of at least 4 members (excludes halogenated alkanes) is 7. The van der Waals surface area contributed by atoms with E-state index in [1.165, 1.54) is 6.08 Å². The Labute approximate surface area is 252 Å². The molecule has 1 fully saturated rings. The molecule has 1 saturated heterocycles. The van der Waals surface area contributed by atoms with E-state index in [2.05, 4.69) is 4.99 Å². The van der Waals surface area contributed by atoms with E-state index < -0.39 is 28.7 Å². The summed E-state index contributed by atoms with van der Waals surface area (Å²) in [6.45, 7) is 1.38. The molecule has 0 aliphatic carbocycles. The number of aliphatic imine (C=N–C) groups is 1. The van der Waals surface area contributed by atoms with Crippen LogP contribution in [0.15, 0.2) is 4.99 Å². The zero-order valence-electron chi connectivity index (χ0n) is 23.7. The number of aldehydes is 1. The van der Waals surface area contributed by atoms with E-state index in [0.717, 1.165) is 38.5 Å². The van der Waals surface area contributed by atoms with Gasteiger partial charge >= 0.3 is 0 Å².